The van der Waals surface area contributed by atoms with Gasteiger partial charge in [-0.05, 0) is 213 Å². The first-order chi connectivity index (χ1) is 57.5. The molecular weight excluding hydrogens is 1740 g/mol. The summed E-state index contributed by atoms with van der Waals surface area (Å²) in [4.78, 5) is 88.8. The molecule has 4 amide bonds. The van der Waals surface area contributed by atoms with Crippen LogP contribution in [-0.2, 0) is 33.6 Å². The van der Waals surface area contributed by atoms with Crippen LogP contribution < -0.4 is 21.3 Å². The number of nitrogens with one attached hydrogen (secondary N) is 4. The minimum atomic E-state index is -2.31. The number of aromatic nitrogens is 8. The molecule has 0 fully saturated rings. The summed E-state index contributed by atoms with van der Waals surface area (Å²) in [6.07, 6.45) is 4.91. The Labute approximate surface area is 699 Å². The minimum absolute atomic E-state index is 0.0859. The number of thiophene rings is 4. The Morgan fingerprint density at radius 3 is 0.950 bits per heavy atom. The van der Waals surface area contributed by atoms with Gasteiger partial charge in [0.25, 0.3) is 5.91 Å². The largest absolute Gasteiger partial charge is 0.309 e. The highest BCUT2D eigenvalue weighted by molar-refractivity contribution is 14.1. The zero-order chi connectivity index (χ0) is 83.6. The summed E-state index contributed by atoms with van der Waals surface area (Å²) < 4.78 is 148. The zero-order valence-corrected chi connectivity index (χ0v) is 66.3. The first-order valence-corrected chi connectivity index (χ1v) is 39.8. The fraction of sp³-hybridized carbons (Fsp3) is 0.0345. The highest BCUT2D eigenvalue weighted by atomic mass is 127. The van der Waals surface area contributed by atoms with Crippen molar-refractivity contribution >= 4 is 115 Å². The Hall–Kier alpha value is -13.3. The Bertz CT molecular complexity index is 6230. The summed E-state index contributed by atoms with van der Waals surface area (Å²) in [6, 6.07) is 58.3. The number of hydrogen-bond donors (Lipinski definition) is 4. The summed E-state index contributed by atoms with van der Waals surface area (Å²) in [5.41, 5.74) is 7.22. The third-order valence-corrected chi connectivity index (χ3v) is 21.2. The van der Waals surface area contributed by atoms with E-state index in [1.165, 1.54) is 124 Å². The number of anilines is 4. The van der Waals surface area contributed by atoms with Crippen LogP contribution in [0.1, 0.15) is 27.0 Å². The van der Waals surface area contributed by atoms with Crippen LogP contribution in [0.5, 0.6) is 0 Å². The molecule has 16 rings (SSSR count). The zero-order valence-electron chi connectivity index (χ0n) is 60.9. The molecule has 0 aliphatic carbocycles. The van der Waals surface area contributed by atoms with Crippen LogP contribution in [0.15, 0.2) is 265 Å². The van der Waals surface area contributed by atoms with Gasteiger partial charge in [-0.25, -0.2) is 88.2 Å². The maximum absolute atomic E-state index is 13.9. The van der Waals surface area contributed by atoms with Gasteiger partial charge < -0.3 is 21.3 Å². The molecule has 0 unspecified atom stereocenters. The summed E-state index contributed by atoms with van der Waals surface area (Å²) >= 11 is 7.94. The number of hydrogen-bond acceptors (Lipinski definition) is 16. The summed E-state index contributed by atoms with van der Waals surface area (Å²) in [7, 11) is 0. The van der Waals surface area contributed by atoms with E-state index in [0.29, 0.717) is 78.6 Å². The van der Waals surface area contributed by atoms with Crippen LogP contribution in [0.4, 0.5) is 71.6 Å². The first-order valence-electron chi connectivity index (χ1n) is 35.2. The molecule has 8 aromatic heterocycles. The van der Waals surface area contributed by atoms with Crippen LogP contribution >= 0.6 is 67.9 Å². The lowest BCUT2D eigenvalue weighted by molar-refractivity contribution is -0.116. The van der Waals surface area contributed by atoms with Gasteiger partial charge in [-0.1, -0.05) is 60.7 Å². The Morgan fingerprint density at radius 2 is 0.622 bits per heavy atom. The molecule has 8 aromatic carbocycles. The molecule has 4 N–H and O–H groups in total. The Morgan fingerprint density at radius 1 is 0.311 bits per heavy atom. The Balaban J connectivity index is 0.000000138. The van der Waals surface area contributed by atoms with Crippen molar-refractivity contribution in [1.29, 1.82) is 0 Å². The second-order valence-corrected chi connectivity index (χ2v) is 30.2. The molecule has 0 bridgehead atoms. The lowest BCUT2D eigenvalue weighted by atomic mass is 10.1. The van der Waals surface area contributed by atoms with Crippen molar-refractivity contribution in [2.45, 2.75) is 19.3 Å². The van der Waals surface area contributed by atoms with Crippen LogP contribution in [0.2, 0.25) is 0 Å². The van der Waals surface area contributed by atoms with Gasteiger partial charge in [0.1, 0.15) is 46.0 Å². The highest BCUT2D eigenvalue weighted by Crippen LogP contribution is 2.37. The molecule has 32 heteroatoms. The number of amides is 4. The molecule has 0 aliphatic heterocycles. The van der Waals surface area contributed by atoms with Crippen LogP contribution in [-0.4, -0.2) is 63.5 Å². The van der Waals surface area contributed by atoms with Gasteiger partial charge in [0.15, 0.2) is 58.2 Å². The predicted octanol–water partition coefficient (Wildman–Crippen LogP) is 22.4. The number of rotatable bonds is 19. The molecule has 0 spiro atoms. The molecule has 594 valence electrons. The summed E-state index contributed by atoms with van der Waals surface area (Å²) in [5, 5.41) is 18.2. The molecule has 0 aliphatic rings. The van der Waals surface area contributed by atoms with Crippen molar-refractivity contribution in [3.63, 3.8) is 0 Å². The third-order valence-electron chi connectivity index (χ3n) is 17.0. The van der Waals surface area contributed by atoms with Crippen molar-refractivity contribution in [3.05, 3.63) is 355 Å². The van der Waals surface area contributed by atoms with E-state index < -0.39 is 70.3 Å². The maximum atomic E-state index is 13.9. The quantitative estimate of drug-likeness (QED) is 0.0257. The molecule has 8 heterocycles. The number of benzene rings is 8. The van der Waals surface area contributed by atoms with Crippen molar-refractivity contribution < 1.29 is 67.5 Å². The van der Waals surface area contributed by atoms with Crippen molar-refractivity contribution in [2.24, 2.45) is 0 Å². The average Bonchev–Trinajstić information content (AvgIpc) is 1.58. The van der Waals surface area contributed by atoms with Gasteiger partial charge in [0, 0.05) is 37.0 Å². The fourth-order valence-electron chi connectivity index (χ4n) is 11.2. The lowest BCUT2D eigenvalue weighted by Gasteiger charge is -2.12. The van der Waals surface area contributed by atoms with E-state index in [1.54, 1.807) is 90.6 Å². The number of nitrogens with zero attached hydrogens (tertiary/aromatic N) is 8. The molecule has 16 nitrogen and oxygen atoms in total. The summed E-state index contributed by atoms with van der Waals surface area (Å²) in [5.74, 6) is -15.1. The SMILES string of the molecule is O=C(Cc1c(F)c(F)c(F)c(F)c1F)Nc1ncc(-c2ccc(F)cc2)nc1-c1cccs1.O=C(Cc1ccc(F)c(F)c1)Nc1ncc(-c2ccc(F)cc2)nc1-c1cccs1.O=C(Cc1ccc(I)cc1)Nc1ncc(-c2ccc(F)cc2)nc1-c1cccs1.O=C(Nc1ncc(-c2ccc(F)cc2)nc1-c1cccs1)c1ccccc1. The van der Waals surface area contributed by atoms with E-state index in [2.05, 4.69) is 78.7 Å². The highest BCUT2D eigenvalue weighted by Gasteiger charge is 2.28. The lowest BCUT2D eigenvalue weighted by Crippen LogP contribution is -2.19. The Kier molecular flexibility index (Phi) is 27.5. The molecule has 0 saturated heterocycles. The van der Waals surface area contributed by atoms with Gasteiger partial charge in [-0.2, -0.15) is 0 Å². The van der Waals surface area contributed by atoms with Gasteiger partial charge >= 0.3 is 0 Å². The second-order valence-electron chi connectivity index (χ2n) is 25.2. The van der Waals surface area contributed by atoms with Crippen molar-refractivity contribution in [2.75, 3.05) is 21.3 Å². The molecule has 16 aromatic rings. The average molecular weight is 1800 g/mol. The molecule has 119 heavy (non-hydrogen) atoms. The molecular formula is C87H54F11IN12O4S4. The normalized spacial score (nSPS) is 10.8. The topological polar surface area (TPSA) is 220 Å². The van der Waals surface area contributed by atoms with Crippen LogP contribution in [0.3, 0.4) is 0 Å². The van der Waals surface area contributed by atoms with E-state index in [4.69, 9.17) is 4.98 Å². The van der Waals surface area contributed by atoms with E-state index in [9.17, 15) is 67.5 Å². The van der Waals surface area contributed by atoms with Crippen LogP contribution in [0.25, 0.3) is 87.3 Å². The molecule has 0 saturated carbocycles. The van der Waals surface area contributed by atoms with Gasteiger partial charge in [-0.3, -0.25) is 19.2 Å². The van der Waals surface area contributed by atoms with Gasteiger partial charge in [0.2, 0.25) is 23.5 Å². The standard InChI is InChI=1S/C22H11F6N3OS.C22H14F3N3OS.C22H15FIN3OS.C21H14FN3OS/c23-11-5-3-10(4-6-11)13-9-29-22(21(30-13)14-2-1-7-33-14)31-15(32)8-12-16(24)18(26)20(28)19(27)17(12)25;23-15-6-4-14(5-7-15)18-12-26-22(21(27-18)19-2-1-9-30-19)28-20(29)11-13-3-8-16(24)17(25)10-13;23-16-7-5-15(6-8-16)18-13-25-22(21(26-18)19-2-1-11-29-19)27-20(28)12-14-3-9-17(24)10-4-14;22-16-10-8-14(9-11-16)17-13-23-20(19(24-17)18-7-4-12-27-18)25-21(26)15-5-2-1-3-6-15/h1-7,9H,8H2,(H,29,31,32);1-10,12H,11H2,(H,26,28,29);1-11,13H,12H2,(H,25,27,28);1-13H,(H,23,25,26). The minimum Gasteiger partial charge on any atom is -0.309 e. The second kappa shape index (κ2) is 39.1. The smallest absolute Gasteiger partial charge is 0.256 e. The number of carbonyl (C=O) groups excluding carboxylic acids is 4. The van der Waals surface area contributed by atoms with E-state index >= 15 is 0 Å². The first kappa shape index (κ1) is 83.7. The molecule has 0 radical (unpaired) electrons. The monoisotopic (exact) mass is 1790 g/mol. The van der Waals surface area contributed by atoms with Gasteiger partial charge in [0.05, 0.1) is 86.3 Å². The van der Waals surface area contributed by atoms with E-state index in [-0.39, 0.29) is 59.4 Å². The maximum Gasteiger partial charge on any atom is 0.256 e. The fourth-order valence-corrected chi connectivity index (χ4v) is 14.4. The third kappa shape index (κ3) is 21.7. The summed E-state index contributed by atoms with van der Waals surface area (Å²) in [6.45, 7) is 0. The predicted molar refractivity (Wildman–Crippen MR) is 446 cm³/mol. The van der Waals surface area contributed by atoms with Crippen molar-refractivity contribution in [1.82, 2.24) is 39.9 Å². The van der Waals surface area contributed by atoms with E-state index in [0.717, 1.165) is 47.0 Å². The number of carbonyl (C=O) groups is 4. The number of halogens is 12. The van der Waals surface area contributed by atoms with Crippen molar-refractivity contribution in [3.8, 4) is 87.3 Å². The van der Waals surface area contributed by atoms with E-state index in [1.807, 2.05) is 82.9 Å². The van der Waals surface area contributed by atoms with Crippen LogP contribution in [0, 0.1) is 67.6 Å². The molecule has 0 atom stereocenters. The van der Waals surface area contributed by atoms with Gasteiger partial charge in [-0.15, -0.1) is 45.3 Å².